The third-order valence-corrected chi connectivity index (χ3v) is 19.0. The first-order valence-corrected chi connectivity index (χ1v) is 26.4. The van der Waals surface area contributed by atoms with Gasteiger partial charge in [-0.1, -0.05) is 160 Å². The fourth-order valence-corrected chi connectivity index (χ4v) is 14.7. The van der Waals surface area contributed by atoms with E-state index in [-0.39, 0.29) is 27.1 Å². The van der Waals surface area contributed by atoms with Crippen molar-refractivity contribution in [1.29, 1.82) is 0 Å². The van der Waals surface area contributed by atoms with Crippen LogP contribution in [0.15, 0.2) is 133 Å². The second-order valence-electron chi connectivity index (χ2n) is 24.7. The molecule has 0 bridgehead atoms. The van der Waals surface area contributed by atoms with Crippen LogP contribution in [0.2, 0.25) is 0 Å². The van der Waals surface area contributed by atoms with Crippen LogP contribution in [0, 0.1) is 0 Å². The van der Waals surface area contributed by atoms with E-state index in [0.29, 0.717) is 0 Å². The monoisotopic (exact) mass is 923 g/mol. The van der Waals surface area contributed by atoms with Crippen molar-refractivity contribution < 1.29 is 0 Å². The van der Waals surface area contributed by atoms with E-state index in [2.05, 4.69) is 227 Å². The van der Waals surface area contributed by atoms with Crippen molar-refractivity contribution in [3.8, 4) is 39.1 Å². The molecule has 0 unspecified atom stereocenters. The summed E-state index contributed by atoms with van der Waals surface area (Å²) >= 11 is 1.95. The molecule has 1 N–H and O–H groups in total. The molecule has 2 nitrogen and oxygen atoms in total. The van der Waals surface area contributed by atoms with E-state index >= 15 is 0 Å². The van der Waals surface area contributed by atoms with Crippen LogP contribution in [0.3, 0.4) is 0 Å². The quantitative estimate of drug-likeness (QED) is 0.175. The summed E-state index contributed by atoms with van der Waals surface area (Å²) in [6, 6.07) is 52.4. The predicted octanol–water partition coefficient (Wildman–Crippen LogP) is 16.8. The van der Waals surface area contributed by atoms with Gasteiger partial charge in [0.05, 0.1) is 5.52 Å². The van der Waals surface area contributed by atoms with E-state index in [9.17, 15) is 0 Å². The smallest absolute Gasteiger partial charge is 0.197 e. The Hall–Kier alpha value is -6.36. The predicted molar refractivity (Wildman–Crippen MR) is 303 cm³/mol. The Kier molecular flexibility index (Phi) is 8.34. The molecule has 14 rings (SSSR count). The van der Waals surface area contributed by atoms with E-state index < -0.39 is 0 Å². The van der Waals surface area contributed by atoms with Crippen LogP contribution >= 0.6 is 11.3 Å². The number of nitrogens with zero attached hydrogens (tertiary/aromatic N) is 1. The first-order valence-electron chi connectivity index (χ1n) is 25.6. The van der Waals surface area contributed by atoms with Gasteiger partial charge in [-0.05, 0) is 156 Å². The highest BCUT2D eigenvalue weighted by Crippen LogP contribution is 2.54. The Labute approximate surface area is 418 Å². The highest BCUT2D eigenvalue weighted by Gasteiger charge is 2.41. The van der Waals surface area contributed by atoms with Gasteiger partial charge in [0.2, 0.25) is 0 Å². The van der Waals surface area contributed by atoms with Gasteiger partial charge in [-0.2, -0.15) is 0 Å². The fourth-order valence-electron chi connectivity index (χ4n) is 13.6. The number of aromatic nitrogens is 1. The third-order valence-electron chi connectivity index (χ3n) is 17.8. The topological polar surface area (TPSA) is 17.0 Å². The lowest BCUT2D eigenvalue weighted by Gasteiger charge is -2.41. The van der Waals surface area contributed by atoms with Gasteiger partial charge < -0.3 is 9.88 Å². The minimum atomic E-state index is -0.120. The van der Waals surface area contributed by atoms with E-state index in [4.69, 9.17) is 0 Å². The van der Waals surface area contributed by atoms with E-state index in [1.165, 1.54) is 144 Å². The lowest BCUT2D eigenvalue weighted by molar-refractivity contribution is 0.332. The molecular formula is C66H60BN2S. The van der Waals surface area contributed by atoms with Gasteiger partial charge >= 0.3 is 0 Å². The minimum Gasteiger partial charge on any atom is -0.355 e. The van der Waals surface area contributed by atoms with Crippen molar-refractivity contribution in [2.75, 3.05) is 5.32 Å². The van der Waals surface area contributed by atoms with Crippen LogP contribution in [-0.2, 0) is 27.1 Å². The van der Waals surface area contributed by atoms with Gasteiger partial charge in [-0.25, -0.2) is 0 Å². The Bertz CT molecular complexity index is 3970. The van der Waals surface area contributed by atoms with E-state index in [1.54, 1.807) is 0 Å². The summed E-state index contributed by atoms with van der Waals surface area (Å²) in [5.74, 6) is 0. The first-order chi connectivity index (χ1) is 33.3. The molecule has 3 heterocycles. The molecule has 1 aliphatic heterocycles. The zero-order valence-corrected chi connectivity index (χ0v) is 43.4. The van der Waals surface area contributed by atoms with Crippen molar-refractivity contribution in [3.63, 3.8) is 0 Å². The molecule has 4 heteroatoms. The zero-order chi connectivity index (χ0) is 48.2. The highest BCUT2D eigenvalue weighted by molar-refractivity contribution is 7.25. The average molecular weight is 924 g/mol. The maximum atomic E-state index is 4.03. The number of nitrogens with one attached hydrogen (secondary N) is 1. The summed E-state index contributed by atoms with van der Waals surface area (Å²) in [6.07, 6.45) is 2.40. The van der Waals surface area contributed by atoms with Crippen LogP contribution in [0.25, 0.3) is 81.0 Å². The summed E-state index contributed by atoms with van der Waals surface area (Å²) in [4.78, 5) is 0. The van der Waals surface area contributed by atoms with Gasteiger partial charge in [-0.3, -0.25) is 0 Å². The lowest BCUT2D eigenvalue weighted by atomic mass is 9.58. The molecule has 0 saturated carbocycles. The van der Waals surface area contributed by atoms with Crippen molar-refractivity contribution in [2.45, 2.75) is 116 Å². The number of anilines is 2. The molecule has 10 aromatic rings. The third kappa shape index (κ3) is 5.69. The molecule has 0 fully saturated rings. The number of benzene rings is 8. The Morgan fingerprint density at radius 2 is 1.09 bits per heavy atom. The SMILES string of the molecule is CC(C)(C)c1ccc(Nc2cc3sc4cc5c(cc4c3cc2-c2ccc3c4cc6c(cc4n4c3c2[B]c2cc3c(cc2-4)C(C)(C)c2ccccc2-3)C(C)(C)c2ccccc2-6)C(C)(C)CCC5(C)C)cc1. The van der Waals surface area contributed by atoms with Crippen LogP contribution < -0.4 is 16.2 Å². The maximum absolute atomic E-state index is 4.03. The number of hydrogen-bond acceptors (Lipinski definition) is 2. The van der Waals surface area contributed by atoms with Gasteiger partial charge in [0.1, 0.15) is 0 Å². The molecule has 70 heavy (non-hydrogen) atoms. The van der Waals surface area contributed by atoms with Crippen molar-refractivity contribution in [1.82, 2.24) is 4.57 Å². The summed E-state index contributed by atoms with van der Waals surface area (Å²) in [6.45, 7) is 26.3. The molecule has 3 aliphatic carbocycles. The number of fused-ring (bicyclic) bond motifs is 15. The lowest BCUT2D eigenvalue weighted by Crippen LogP contribution is -2.37. The molecule has 0 amide bonds. The first kappa shape index (κ1) is 42.5. The molecular weight excluding hydrogens is 864 g/mol. The minimum absolute atomic E-state index is 0.0713. The van der Waals surface area contributed by atoms with Gasteiger partial charge in [0.15, 0.2) is 7.28 Å². The largest absolute Gasteiger partial charge is 0.355 e. The van der Waals surface area contributed by atoms with Gasteiger partial charge in [0, 0.05) is 69.9 Å². The highest BCUT2D eigenvalue weighted by atomic mass is 32.1. The summed E-state index contributed by atoms with van der Waals surface area (Å²) in [7, 11) is 2.53. The second-order valence-corrected chi connectivity index (χ2v) is 25.8. The zero-order valence-electron chi connectivity index (χ0n) is 42.5. The van der Waals surface area contributed by atoms with Gasteiger partial charge in [-0.15, -0.1) is 11.3 Å². The molecule has 2 aromatic heterocycles. The van der Waals surface area contributed by atoms with E-state index in [1.807, 2.05) is 11.3 Å². The number of hydrogen-bond donors (Lipinski definition) is 1. The molecule has 1 radical (unpaired) electrons. The Balaban J connectivity index is 1.06. The summed E-state index contributed by atoms with van der Waals surface area (Å²) in [5.41, 5.74) is 26.6. The second kappa shape index (κ2) is 13.7. The van der Waals surface area contributed by atoms with Crippen LogP contribution in [0.5, 0.6) is 0 Å². The van der Waals surface area contributed by atoms with Crippen molar-refractivity contribution in [3.05, 3.63) is 172 Å². The molecule has 8 aromatic carbocycles. The van der Waals surface area contributed by atoms with E-state index in [0.717, 1.165) is 11.4 Å². The Morgan fingerprint density at radius 3 is 1.76 bits per heavy atom. The molecule has 0 saturated heterocycles. The average Bonchev–Trinajstić information content (AvgIpc) is 3.99. The summed E-state index contributed by atoms with van der Waals surface area (Å²) < 4.78 is 5.35. The maximum Gasteiger partial charge on any atom is 0.197 e. The molecule has 4 aliphatic rings. The molecule has 0 spiro atoms. The number of thiophene rings is 1. The Morgan fingerprint density at radius 1 is 0.500 bits per heavy atom. The number of rotatable bonds is 3. The standard InChI is InChI=1S/C66H60BN2S/c1-62(2,3)36-20-22-37(23-21-36)68-55-35-59-46(47-30-52-53(34-58(47)70-59)64(6,7)27-26-63(52,4)5)29-44(55)40-24-25-41-45-28-42-38-16-12-14-18-48(38)65(8,9)50(42)32-56(45)69-57-33-51-43(31-54(57)67-60(40)61(41)69)39-17-13-15-19-49(39)66(51,10)11/h12-25,28-35,68H,26-27H2,1-11H3. The van der Waals surface area contributed by atoms with Crippen LogP contribution in [0.4, 0.5) is 11.4 Å². The van der Waals surface area contributed by atoms with Gasteiger partial charge in [0.25, 0.3) is 0 Å². The van der Waals surface area contributed by atoms with Crippen molar-refractivity contribution >= 4 is 82.9 Å². The van der Waals surface area contributed by atoms with Crippen LogP contribution in [-0.4, -0.2) is 11.8 Å². The molecule has 343 valence electrons. The van der Waals surface area contributed by atoms with Crippen molar-refractivity contribution in [2.24, 2.45) is 0 Å². The van der Waals surface area contributed by atoms with Crippen LogP contribution in [0.1, 0.15) is 128 Å². The normalized spacial score (nSPS) is 17.2. The molecule has 0 atom stereocenters. The fraction of sp³-hybridized carbons (Fsp3) is 0.273. The summed E-state index contributed by atoms with van der Waals surface area (Å²) in [5, 5.41) is 9.36.